The molecule has 0 saturated carbocycles. The molecule has 0 N–H and O–H groups in total. The zero-order chi connectivity index (χ0) is 17.8. The molecule has 4 rings (SSSR count). The molecule has 25 heavy (non-hydrogen) atoms. The van der Waals surface area contributed by atoms with E-state index in [1.54, 1.807) is 0 Å². The van der Waals surface area contributed by atoms with Crippen molar-refractivity contribution in [3.8, 4) is 0 Å². The van der Waals surface area contributed by atoms with Gasteiger partial charge in [-0.2, -0.15) is 0 Å². The van der Waals surface area contributed by atoms with E-state index in [9.17, 15) is 9.59 Å². The number of likely N-dealkylation sites (tertiary alicyclic amines) is 1. The van der Waals surface area contributed by atoms with Gasteiger partial charge in [0.05, 0.1) is 17.5 Å². The number of anilines is 1. The molecule has 0 spiro atoms. The summed E-state index contributed by atoms with van der Waals surface area (Å²) in [6, 6.07) is 9.43. The Morgan fingerprint density at radius 1 is 1.04 bits per heavy atom. The third-order valence-electron chi connectivity index (χ3n) is 5.91. The fraction of sp³-hybridized carbons (Fsp3) is 0.524. The first kappa shape index (κ1) is 16.5. The molecule has 1 aromatic rings. The smallest absolute Gasteiger partial charge is 0.239 e. The number of amides is 2. The van der Waals surface area contributed by atoms with Gasteiger partial charge in [-0.25, -0.2) is 4.90 Å². The van der Waals surface area contributed by atoms with Crippen LogP contribution in [0.4, 0.5) is 5.69 Å². The number of piperidine rings is 1. The average Bonchev–Trinajstić information content (AvgIpc) is 2.85. The summed E-state index contributed by atoms with van der Waals surface area (Å²) in [5.74, 6) is -0.513. The predicted molar refractivity (Wildman–Crippen MR) is 98.1 cm³/mol. The van der Waals surface area contributed by atoms with E-state index in [2.05, 4.69) is 31.7 Å². The quantitative estimate of drug-likeness (QED) is 0.582. The molecule has 2 aliphatic heterocycles. The number of nitrogens with zero attached hydrogens (tertiary/aromatic N) is 2. The lowest BCUT2D eigenvalue weighted by molar-refractivity contribution is -0.124. The molecule has 132 valence electrons. The van der Waals surface area contributed by atoms with Crippen molar-refractivity contribution in [1.82, 2.24) is 4.90 Å². The summed E-state index contributed by atoms with van der Waals surface area (Å²) in [4.78, 5) is 30.2. The van der Waals surface area contributed by atoms with E-state index in [1.165, 1.54) is 10.5 Å². The van der Waals surface area contributed by atoms with Crippen molar-refractivity contribution in [3.05, 3.63) is 42.0 Å². The normalized spacial score (nSPS) is 30.1. The Balaban J connectivity index is 1.75. The molecule has 0 bridgehead atoms. The Labute approximate surface area is 149 Å². The first-order valence-electron chi connectivity index (χ1n) is 9.28. The molecule has 3 aliphatic rings. The van der Waals surface area contributed by atoms with Crippen molar-refractivity contribution in [2.45, 2.75) is 51.6 Å². The highest BCUT2D eigenvalue weighted by atomic mass is 16.2. The Morgan fingerprint density at radius 3 is 2.44 bits per heavy atom. The van der Waals surface area contributed by atoms with Gasteiger partial charge in [-0.15, -0.1) is 0 Å². The molecule has 2 saturated heterocycles. The number of carbonyl (C=O) groups excluding carboxylic acids is 2. The van der Waals surface area contributed by atoms with Crippen LogP contribution in [0.5, 0.6) is 0 Å². The number of benzene rings is 1. The van der Waals surface area contributed by atoms with Crippen LogP contribution in [0, 0.1) is 11.8 Å². The van der Waals surface area contributed by atoms with Crippen LogP contribution in [0.15, 0.2) is 42.0 Å². The summed E-state index contributed by atoms with van der Waals surface area (Å²) < 4.78 is 0. The van der Waals surface area contributed by atoms with Gasteiger partial charge in [-0.3, -0.25) is 14.5 Å². The van der Waals surface area contributed by atoms with Crippen molar-refractivity contribution in [2.24, 2.45) is 11.8 Å². The first-order valence-corrected chi connectivity index (χ1v) is 9.28. The van der Waals surface area contributed by atoms with E-state index in [-0.39, 0.29) is 35.2 Å². The topological polar surface area (TPSA) is 40.6 Å². The summed E-state index contributed by atoms with van der Waals surface area (Å²) in [6.07, 6.45) is 5.11. The fourth-order valence-electron chi connectivity index (χ4n) is 4.80. The first-order chi connectivity index (χ1) is 11.9. The van der Waals surface area contributed by atoms with Crippen molar-refractivity contribution < 1.29 is 9.59 Å². The number of rotatable bonds is 1. The minimum absolute atomic E-state index is 0.0183. The SMILES string of the molecule is CC(C)(C)N1CCCC2=CC[C@H]3C(=O)N(c4ccccc4)C(=O)[C@H]3[C@H]21. The van der Waals surface area contributed by atoms with Crippen molar-refractivity contribution >= 4 is 17.5 Å². The standard InChI is InChI=1S/C21H26N2O2/c1-21(2,3)22-13-7-8-14-11-12-16-17(18(14)22)20(25)23(19(16)24)15-9-5-4-6-10-15/h4-6,9-11,16-18H,7-8,12-13H2,1-3H3/t16-,17-,18+/m1/s1. The minimum Gasteiger partial charge on any atom is -0.291 e. The Bertz CT molecular complexity index is 732. The second-order valence-corrected chi connectivity index (χ2v) is 8.41. The summed E-state index contributed by atoms with van der Waals surface area (Å²) in [6.45, 7) is 7.60. The highest BCUT2D eigenvalue weighted by Gasteiger charge is 2.56. The zero-order valence-corrected chi connectivity index (χ0v) is 15.2. The molecule has 3 atom stereocenters. The van der Waals surface area contributed by atoms with Crippen molar-refractivity contribution in [3.63, 3.8) is 0 Å². The number of imide groups is 1. The largest absolute Gasteiger partial charge is 0.291 e. The average molecular weight is 338 g/mol. The number of hydrogen-bond donors (Lipinski definition) is 0. The summed E-state index contributed by atoms with van der Waals surface area (Å²) in [5.41, 5.74) is 2.04. The molecule has 2 heterocycles. The van der Waals surface area contributed by atoms with Crippen LogP contribution in [0.3, 0.4) is 0 Å². The van der Waals surface area contributed by atoms with Crippen LogP contribution in [0.1, 0.15) is 40.0 Å². The maximum atomic E-state index is 13.3. The molecule has 2 amide bonds. The second kappa shape index (κ2) is 5.80. The molecular formula is C21H26N2O2. The van der Waals surface area contributed by atoms with Gasteiger partial charge in [0, 0.05) is 11.6 Å². The van der Waals surface area contributed by atoms with Gasteiger partial charge in [0.2, 0.25) is 11.8 Å². The highest BCUT2D eigenvalue weighted by molar-refractivity contribution is 6.22. The third kappa shape index (κ3) is 2.54. The molecule has 2 fully saturated rings. The number of para-hydroxylation sites is 1. The van der Waals surface area contributed by atoms with E-state index in [4.69, 9.17) is 0 Å². The number of hydrogen-bond acceptors (Lipinski definition) is 3. The summed E-state index contributed by atoms with van der Waals surface area (Å²) in [7, 11) is 0. The zero-order valence-electron chi connectivity index (χ0n) is 15.2. The van der Waals surface area contributed by atoms with Crippen molar-refractivity contribution in [1.29, 1.82) is 0 Å². The summed E-state index contributed by atoms with van der Waals surface area (Å²) >= 11 is 0. The number of carbonyl (C=O) groups is 2. The van der Waals surface area contributed by atoms with Crippen LogP contribution < -0.4 is 4.90 Å². The second-order valence-electron chi connectivity index (χ2n) is 8.41. The molecule has 4 nitrogen and oxygen atoms in total. The summed E-state index contributed by atoms with van der Waals surface area (Å²) in [5, 5.41) is 0. The molecular weight excluding hydrogens is 312 g/mol. The van der Waals surface area contributed by atoms with Gasteiger partial charge in [0.25, 0.3) is 0 Å². The predicted octanol–water partition coefficient (Wildman–Crippen LogP) is 3.39. The lowest BCUT2D eigenvalue weighted by atomic mass is 9.72. The minimum atomic E-state index is -0.243. The molecule has 4 heteroatoms. The monoisotopic (exact) mass is 338 g/mol. The number of allylic oxidation sites excluding steroid dienone is 1. The van der Waals surface area contributed by atoms with Gasteiger partial charge < -0.3 is 0 Å². The van der Waals surface area contributed by atoms with E-state index in [0.29, 0.717) is 12.1 Å². The van der Waals surface area contributed by atoms with Gasteiger partial charge in [-0.1, -0.05) is 29.8 Å². The molecule has 1 aliphatic carbocycles. The van der Waals surface area contributed by atoms with Crippen LogP contribution in [-0.4, -0.2) is 34.8 Å². The third-order valence-corrected chi connectivity index (χ3v) is 5.91. The molecule has 0 unspecified atom stereocenters. The van der Waals surface area contributed by atoms with E-state index < -0.39 is 0 Å². The van der Waals surface area contributed by atoms with Crippen LogP contribution in [0.25, 0.3) is 0 Å². The van der Waals surface area contributed by atoms with Crippen LogP contribution in [0.2, 0.25) is 0 Å². The maximum absolute atomic E-state index is 13.3. The van der Waals surface area contributed by atoms with E-state index in [0.717, 1.165) is 19.4 Å². The molecule has 0 radical (unpaired) electrons. The van der Waals surface area contributed by atoms with Crippen LogP contribution >= 0.6 is 0 Å². The molecule has 1 aromatic carbocycles. The lowest BCUT2D eigenvalue weighted by Crippen LogP contribution is -2.57. The van der Waals surface area contributed by atoms with E-state index in [1.807, 2.05) is 30.3 Å². The highest BCUT2D eigenvalue weighted by Crippen LogP contribution is 2.46. The van der Waals surface area contributed by atoms with Gasteiger partial charge in [0.1, 0.15) is 0 Å². The van der Waals surface area contributed by atoms with Crippen molar-refractivity contribution in [2.75, 3.05) is 11.4 Å². The Kier molecular flexibility index (Phi) is 3.84. The van der Waals surface area contributed by atoms with Gasteiger partial charge in [0.15, 0.2) is 0 Å². The molecule has 0 aromatic heterocycles. The van der Waals surface area contributed by atoms with Gasteiger partial charge in [-0.05, 0) is 58.7 Å². The fourth-order valence-corrected chi connectivity index (χ4v) is 4.80. The maximum Gasteiger partial charge on any atom is 0.239 e. The van der Waals surface area contributed by atoms with E-state index >= 15 is 0 Å². The van der Waals surface area contributed by atoms with Gasteiger partial charge >= 0.3 is 0 Å². The number of fused-ring (bicyclic) bond motifs is 3. The van der Waals surface area contributed by atoms with Crippen LogP contribution in [-0.2, 0) is 9.59 Å². The lowest BCUT2D eigenvalue weighted by Gasteiger charge is -2.49. The Hall–Kier alpha value is -1.94. The Morgan fingerprint density at radius 2 is 1.76 bits per heavy atom.